The quantitative estimate of drug-likeness (QED) is 0.640. The average molecular weight is 438 g/mol. The summed E-state index contributed by atoms with van der Waals surface area (Å²) in [7, 11) is 2.17. The van der Waals surface area contributed by atoms with Crippen LogP contribution < -0.4 is 15.5 Å². The molecule has 0 atom stereocenters. The normalized spacial score (nSPS) is 18.3. The third-order valence-electron chi connectivity index (χ3n) is 6.25. The number of amides is 1. The van der Waals surface area contributed by atoms with Crippen molar-refractivity contribution < 1.29 is 4.79 Å². The molecule has 0 aliphatic carbocycles. The zero-order chi connectivity index (χ0) is 22.3. The maximum atomic E-state index is 11.7. The lowest BCUT2D eigenvalue weighted by Gasteiger charge is -2.34. The van der Waals surface area contributed by atoms with Crippen molar-refractivity contribution in [3.8, 4) is 11.4 Å². The van der Waals surface area contributed by atoms with Crippen LogP contribution in [0.15, 0.2) is 30.5 Å². The minimum absolute atomic E-state index is 0.130. The fourth-order valence-corrected chi connectivity index (χ4v) is 4.21. The Morgan fingerprint density at radius 1 is 1.09 bits per heavy atom. The van der Waals surface area contributed by atoms with Crippen LogP contribution in [0.4, 0.5) is 11.5 Å². The number of hydrogen-bond acceptors (Lipinski definition) is 7. The van der Waals surface area contributed by atoms with Gasteiger partial charge >= 0.3 is 0 Å². The van der Waals surface area contributed by atoms with Crippen molar-refractivity contribution >= 4 is 17.4 Å². The third-order valence-corrected chi connectivity index (χ3v) is 6.25. The summed E-state index contributed by atoms with van der Waals surface area (Å²) in [6.07, 6.45) is 3.87. The van der Waals surface area contributed by atoms with Crippen LogP contribution in [0, 0.1) is 6.92 Å². The van der Waals surface area contributed by atoms with Crippen LogP contribution in [0.3, 0.4) is 0 Å². The molecule has 2 fully saturated rings. The number of likely N-dealkylation sites (N-methyl/N-ethyl adjacent to an activating group) is 1. The number of nitrogens with one attached hydrogen (secondary N) is 2. The summed E-state index contributed by atoms with van der Waals surface area (Å²) < 4.78 is 0. The number of carbonyl (C=O) groups excluding carboxylic acids is 1. The topological polar surface area (TPSA) is 76.6 Å². The summed E-state index contributed by atoms with van der Waals surface area (Å²) in [6, 6.07) is 8.58. The maximum absolute atomic E-state index is 11.7. The third kappa shape index (κ3) is 5.95. The molecule has 0 radical (unpaired) electrons. The lowest BCUT2D eigenvalue weighted by Crippen LogP contribution is -2.44. The fraction of sp³-hybridized carbons (Fsp3) is 0.542. The lowest BCUT2D eigenvalue weighted by atomic mass is 10.1. The fourth-order valence-electron chi connectivity index (χ4n) is 4.21. The van der Waals surface area contributed by atoms with E-state index in [0.717, 1.165) is 88.0 Å². The molecular formula is C24H35N7O. The Balaban J connectivity index is 1.32. The van der Waals surface area contributed by atoms with E-state index in [1.807, 2.05) is 13.1 Å². The number of piperazine rings is 1. The summed E-state index contributed by atoms with van der Waals surface area (Å²) in [5.41, 5.74) is 3.33. The van der Waals surface area contributed by atoms with E-state index >= 15 is 0 Å². The molecule has 8 nitrogen and oxygen atoms in total. The van der Waals surface area contributed by atoms with Gasteiger partial charge in [-0.2, -0.15) is 0 Å². The molecular weight excluding hydrogens is 402 g/mol. The van der Waals surface area contributed by atoms with Crippen LogP contribution >= 0.6 is 0 Å². The maximum Gasteiger partial charge on any atom is 0.234 e. The Morgan fingerprint density at radius 2 is 1.88 bits per heavy atom. The standard InChI is InChI=1S/C24H35N7O/c1-19-17-27-24(20-5-7-21(8-6-20)31-15-13-29(2)14-16-31)28-23(19)26-10-4-12-30-11-3-9-25-22(32)18-30/h5-8,17H,3-4,9-16,18H2,1-2H3,(H,25,32)(H,26,27,28). The largest absolute Gasteiger partial charge is 0.370 e. The Morgan fingerprint density at radius 3 is 2.66 bits per heavy atom. The Hall–Kier alpha value is -2.71. The van der Waals surface area contributed by atoms with E-state index in [9.17, 15) is 4.79 Å². The van der Waals surface area contributed by atoms with E-state index in [0.29, 0.717) is 6.54 Å². The Bertz CT molecular complexity index is 894. The van der Waals surface area contributed by atoms with Crippen molar-refractivity contribution in [2.75, 3.05) is 76.2 Å². The first-order valence-electron chi connectivity index (χ1n) is 11.7. The molecule has 172 valence electrons. The van der Waals surface area contributed by atoms with Crippen molar-refractivity contribution in [3.05, 3.63) is 36.0 Å². The predicted octanol–water partition coefficient (Wildman–Crippen LogP) is 1.83. The van der Waals surface area contributed by atoms with Gasteiger partial charge in [0.15, 0.2) is 5.82 Å². The number of aryl methyl sites for hydroxylation is 1. The second-order valence-electron chi connectivity index (χ2n) is 8.82. The minimum Gasteiger partial charge on any atom is -0.370 e. The van der Waals surface area contributed by atoms with Crippen molar-refractivity contribution in [2.45, 2.75) is 19.8 Å². The van der Waals surface area contributed by atoms with E-state index in [-0.39, 0.29) is 5.91 Å². The zero-order valence-corrected chi connectivity index (χ0v) is 19.3. The molecule has 1 aromatic heterocycles. The Kier molecular flexibility index (Phi) is 7.55. The first-order chi connectivity index (χ1) is 15.6. The highest BCUT2D eigenvalue weighted by Crippen LogP contribution is 2.23. The summed E-state index contributed by atoms with van der Waals surface area (Å²) in [5, 5.41) is 6.39. The van der Waals surface area contributed by atoms with E-state index in [1.54, 1.807) is 0 Å². The highest BCUT2D eigenvalue weighted by atomic mass is 16.2. The predicted molar refractivity (Wildman–Crippen MR) is 129 cm³/mol. The molecule has 1 aromatic carbocycles. The van der Waals surface area contributed by atoms with Gasteiger partial charge in [-0.05, 0) is 51.1 Å². The van der Waals surface area contributed by atoms with Crippen molar-refractivity contribution in [2.24, 2.45) is 0 Å². The van der Waals surface area contributed by atoms with Gasteiger partial charge in [0, 0.05) is 75.4 Å². The second-order valence-corrected chi connectivity index (χ2v) is 8.82. The Labute approximate surface area is 191 Å². The van der Waals surface area contributed by atoms with Gasteiger partial charge in [0.1, 0.15) is 5.82 Å². The molecule has 2 saturated heterocycles. The molecule has 0 spiro atoms. The number of anilines is 2. The van der Waals surface area contributed by atoms with Gasteiger partial charge in [-0.3, -0.25) is 9.69 Å². The van der Waals surface area contributed by atoms with Crippen LogP contribution in [0.1, 0.15) is 18.4 Å². The second kappa shape index (κ2) is 10.7. The number of nitrogens with zero attached hydrogens (tertiary/aromatic N) is 5. The molecule has 2 aliphatic heterocycles. The van der Waals surface area contributed by atoms with Crippen molar-refractivity contribution in [1.82, 2.24) is 25.1 Å². The molecule has 0 saturated carbocycles. The van der Waals surface area contributed by atoms with Crippen LogP contribution in [0.2, 0.25) is 0 Å². The van der Waals surface area contributed by atoms with E-state index in [1.165, 1.54) is 5.69 Å². The molecule has 0 unspecified atom stereocenters. The first kappa shape index (κ1) is 22.5. The number of rotatable bonds is 7. The number of benzene rings is 1. The highest BCUT2D eigenvalue weighted by molar-refractivity contribution is 5.78. The molecule has 32 heavy (non-hydrogen) atoms. The van der Waals surface area contributed by atoms with E-state index in [4.69, 9.17) is 4.98 Å². The van der Waals surface area contributed by atoms with Gasteiger partial charge in [0.05, 0.1) is 6.54 Å². The number of hydrogen-bond donors (Lipinski definition) is 2. The smallest absolute Gasteiger partial charge is 0.234 e. The molecule has 4 rings (SSSR count). The molecule has 2 N–H and O–H groups in total. The van der Waals surface area contributed by atoms with Gasteiger partial charge in [-0.15, -0.1) is 0 Å². The van der Waals surface area contributed by atoms with Crippen LogP contribution in [0.25, 0.3) is 11.4 Å². The highest BCUT2D eigenvalue weighted by Gasteiger charge is 2.15. The van der Waals surface area contributed by atoms with Crippen LogP contribution in [0.5, 0.6) is 0 Å². The van der Waals surface area contributed by atoms with Crippen LogP contribution in [-0.2, 0) is 4.79 Å². The van der Waals surface area contributed by atoms with Gasteiger partial charge in [-0.25, -0.2) is 9.97 Å². The summed E-state index contributed by atoms with van der Waals surface area (Å²) >= 11 is 0. The minimum atomic E-state index is 0.130. The van der Waals surface area contributed by atoms with E-state index in [2.05, 4.69) is 61.6 Å². The number of carbonyl (C=O) groups is 1. The van der Waals surface area contributed by atoms with Gasteiger partial charge in [0.2, 0.25) is 5.91 Å². The van der Waals surface area contributed by atoms with Crippen molar-refractivity contribution in [1.29, 1.82) is 0 Å². The average Bonchev–Trinajstić information content (AvgIpc) is 3.02. The summed E-state index contributed by atoms with van der Waals surface area (Å²) in [5.74, 6) is 1.75. The number of aromatic nitrogens is 2. The van der Waals surface area contributed by atoms with E-state index < -0.39 is 0 Å². The SMILES string of the molecule is Cc1cnc(-c2ccc(N3CCN(C)CC3)cc2)nc1NCCCN1CCCNC(=O)C1. The summed E-state index contributed by atoms with van der Waals surface area (Å²) in [4.78, 5) is 28.1. The van der Waals surface area contributed by atoms with Gasteiger partial charge in [0.25, 0.3) is 0 Å². The van der Waals surface area contributed by atoms with Gasteiger partial charge in [-0.1, -0.05) is 0 Å². The zero-order valence-electron chi connectivity index (χ0n) is 19.3. The molecule has 2 aromatic rings. The van der Waals surface area contributed by atoms with Gasteiger partial charge < -0.3 is 20.4 Å². The molecule has 1 amide bonds. The van der Waals surface area contributed by atoms with Crippen LogP contribution in [-0.4, -0.2) is 91.6 Å². The molecule has 3 heterocycles. The molecule has 8 heteroatoms. The summed E-state index contributed by atoms with van der Waals surface area (Å²) in [6.45, 7) is 10.3. The molecule has 0 bridgehead atoms. The first-order valence-corrected chi connectivity index (χ1v) is 11.7. The monoisotopic (exact) mass is 437 g/mol. The molecule has 2 aliphatic rings. The lowest BCUT2D eigenvalue weighted by molar-refractivity contribution is -0.121. The van der Waals surface area contributed by atoms with Crippen molar-refractivity contribution in [3.63, 3.8) is 0 Å².